The van der Waals surface area contributed by atoms with Crippen molar-refractivity contribution in [1.82, 2.24) is 14.9 Å². The van der Waals surface area contributed by atoms with Crippen LogP contribution in [0.3, 0.4) is 0 Å². The molecule has 0 unspecified atom stereocenters. The second-order valence-electron chi connectivity index (χ2n) is 5.45. The third kappa shape index (κ3) is 3.61. The van der Waals surface area contributed by atoms with E-state index in [0.717, 1.165) is 31.7 Å². The highest BCUT2D eigenvalue weighted by atomic mass is 16.2. The molecule has 0 N–H and O–H groups in total. The standard InChI is InChI=1S/C17H20N4O/c22-17(7-6-15-12-18-14-19-13-15)21-10-8-20(9-11-21)16-4-2-1-3-5-16/h1-5,12-14H,6-11H2. The fourth-order valence-electron chi connectivity index (χ4n) is 2.72. The molecule has 2 aromatic rings. The molecule has 5 heteroatoms. The van der Waals surface area contributed by atoms with E-state index in [1.807, 2.05) is 11.0 Å². The van der Waals surface area contributed by atoms with E-state index < -0.39 is 0 Å². The Kier molecular flexibility index (Phi) is 4.63. The van der Waals surface area contributed by atoms with Gasteiger partial charge in [-0.2, -0.15) is 0 Å². The first-order valence-electron chi connectivity index (χ1n) is 7.64. The van der Waals surface area contributed by atoms with Gasteiger partial charge in [0.15, 0.2) is 0 Å². The number of nitrogens with zero attached hydrogens (tertiary/aromatic N) is 4. The van der Waals surface area contributed by atoms with Gasteiger partial charge in [0.1, 0.15) is 6.33 Å². The minimum Gasteiger partial charge on any atom is -0.368 e. The number of carbonyl (C=O) groups is 1. The molecule has 0 spiro atoms. The summed E-state index contributed by atoms with van der Waals surface area (Å²) in [4.78, 5) is 24.5. The van der Waals surface area contributed by atoms with E-state index in [1.165, 1.54) is 12.0 Å². The molecule has 22 heavy (non-hydrogen) atoms. The van der Waals surface area contributed by atoms with E-state index >= 15 is 0 Å². The van der Waals surface area contributed by atoms with Crippen LogP contribution in [-0.2, 0) is 11.2 Å². The highest BCUT2D eigenvalue weighted by Crippen LogP contribution is 2.16. The molecule has 5 nitrogen and oxygen atoms in total. The number of amides is 1. The maximum Gasteiger partial charge on any atom is 0.223 e. The van der Waals surface area contributed by atoms with Gasteiger partial charge in [0.2, 0.25) is 5.91 Å². The molecule has 0 aliphatic carbocycles. The molecule has 0 radical (unpaired) electrons. The van der Waals surface area contributed by atoms with E-state index in [9.17, 15) is 4.79 Å². The SMILES string of the molecule is O=C(CCc1cncnc1)N1CCN(c2ccccc2)CC1. The van der Waals surface area contributed by atoms with Gasteiger partial charge in [0.05, 0.1) is 0 Å². The summed E-state index contributed by atoms with van der Waals surface area (Å²) in [7, 11) is 0. The summed E-state index contributed by atoms with van der Waals surface area (Å²) in [5, 5.41) is 0. The van der Waals surface area contributed by atoms with Crippen molar-refractivity contribution in [3.63, 3.8) is 0 Å². The molecule has 1 aliphatic heterocycles. The van der Waals surface area contributed by atoms with Gasteiger partial charge in [0, 0.05) is 50.7 Å². The van der Waals surface area contributed by atoms with Crippen LogP contribution < -0.4 is 4.90 Å². The molecule has 1 amide bonds. The van der Waals surface area contributed by atoms with E-state index in [2.05, 4.69) is 39.1 Å². The van der Waals surface area contributed by atoms with Crippen molar-refractivity contribution < 1.29 is 4.79 Å². The van der Waals surface area contributed by atoms with Crippen LogP contribution in [0, 0.1) is 0 Å². The number of hydrogen-bond donors (Lipinski definition) is 0. The Morgan fingerprint density at radius 2 is 1.68 bits per heavy atom. The number of piperazine rings is 1. The third-order valence-corrected chi connectivity index (χ3v) is 4.00. The fourth-order valence-corrected chi connectivity index (χ4v) is 2.72. The molecule has 1 fully saturated rings. The Bertz CT molecular complexity index is 595. The maximum absolute atomic E-state index is 12.3. The van der Waals surface area contributed by atoms with Crippen LogP contribution in [0.1, 0.15) is 12.0 Å². The minimum absolute atomic E-state index is 0.219. The summed E-state index contributed by atoms with van der Waals surface area (Å²) in [5.41, 5.74) is 2.25. The van der Waals surface area contributed by atoms with Gasteiger partial charge in [-0.25, -0.2) is 9.97 Å². The summed E-state index contributed by atoms with van der Waals surface area (Å²) in [6.45, 7) is 3.37. The summed E-state index contributed by atoms with van der Waals surface area (Å²) in [6.07, 6.45) is 6.28. The Labute approximate surface area is 130 Å². The fraction of sp³-hybridized carbons (Fsp3) is 0.353. The van der Waals surface area contributed by atoms with Gasteiger partial charge in [-0.15, -0.1) is 0 Å². The van der Waals surface area contributed by atoms with Crippen molar-refractivity contribution in [3.8, 4) is 0 Å². The molecule has 1 saturated heterocycles. The lowest BCUT2D eigenvalue weighted by molar-refractivity contribution is -0.131. The van der Waals surface area contributed by atoms with Gasteiger partial charge in [0.25, 0.3) is 0 Å². The van der Waals surface area contributed by atoms with Gasteiger partial charge in [-0.3, -0.25) is 4.79 Å². The Hall–Kier alpha value is -2.43. The molecular weight excluding hydrogens is 276 g/mol. The van der Waals surface area contributed by atoms with Crippen molar-refractivity contribution >= 4 is 11.6 Å². The highest BCUT2D eigenvalue weighted by Gasteiger charge is 2.20. The van der Waals surface area contributed by atoms with Crippen molar-refractivity contribution in [2.24, 2.45) is 0 Å². The molecule has 1 aromatic carbocycles. The molecule has 0 atom stereocenters. The lowest BCUT2D eigenvalue weighted by atomic mass is 10.1. The van der Waals surface area contributed by atoms with Gasteiger partial charge < -0.3 is 9.80 Å². The van der Waals surface area contributed by atoms with Crippen LogP contribution in [0.5, 0.6) is 0 Å². The number of aryl methyl sites for hydroxylation is 1. The quantitative estimate of drug-likeness (QED) is 0.862. The first-order chi connectivity index (χ1) is 10.8. The number of para-hydroxylation sites is 1. The number of rotatable bonds is 4. The molecular formula is C17H20N4O. The van der Waals surface area contributed by atoms with Gasteiger partial charge in [-0.05, 0) is 24.1 Å². The minimum atomic E-state index is 0.219. The molecule has 0 saturated carbocycles. The second kappa shape index (κ2) is 7.02. The van der Waals surface area contributed by atoms with Crippen LogP contribution >= 0.6 is 0 Å². The van der Waals surface area contributed by atoms with Crippen molar-refractivity contribution in [2.75, 3.05) is 31.1 Å². The number of aromatic nitrogens is 2. The smallest absolute Gasteiger partial charge is 0.223 e. The molecule has 2 heterocycles. The van der Waals surface area contributed by atoms with E-state index in [4.69, 9.17) is 0 Å². The van der Waals surface area contributed by atoms with Gasteiger partial charge >= 0.3 is 0 Å². The lowest BCUT2D eigenvalue weighted by Crippen LogP contribution is -2.48. The van der Waals surface area contributed by atoms with Crippen LogP contribution in [0.25, 0.3) is 0 Å². The predicted octanol–water partition coefficient (Wildman–Crippen LogP) is 1.76. The molecule has 1 aliphatic rings. The Balaban J connectivity index is 1.48. The predicted molar refractivity (Wildman–Crippen MR) is 85.6 cm³/mol. The number of anilines is 1. The molecule has 114 valence electrons. The van der Waals surface area contributed by atoms with E-state index in [0.29, 0.717) is 12.8 Å². The first-order valence-corrected chi connectivity index (χ1v) is 7.64. The van der Waals surface area contributed by atoms with Crippen LogP contribution in [0.4, 0.5) is 5.69 Å². The first kappa shape index (κ1) is 14.5. The molecule has 1 aromatic heterocycles. The third-order valence-electron chi connectivity index (χ3n) is 4.00. The average Bonchev–Trinajstić information content (AvgIpc) is 2.61. The number of hydrogen-bond acceptors (Lipinski definition) is 4. The highest BCUT2D eigenvalue weighted by molar-refractivity contribution is 5.76. The number of benzene rings is 1. The van der Waals surface area contributed by atoms with Crippen LogP contribution in [0.2, 0.25) is 0 Å². The van der Waals surface area contributed by atoms with E-state index in [-0.39, 0.29) is 5.91 Å². The van der Waals surface area contributed by atoms with Crippen molar-refractivity contribution in [2.45, 2.75) is 12.8 Å². The topological polar surface area (TPSA) is 49.3 Å². The molecule has 0 bridgehead atoms. The lowest BCUT2D eigenvalue weighted by Gasteiger charge is -2.36. The molecule has 3 rings (SSSR count). The average molecular weight is 296 g/mol. The van der Waals surface area contributed by atoms with Crippen molar-refractivity contribution in [1.29, 1.82) is 0 Å². The Morgan fingerprint density at radius 1 is 1.00 bits per heavy atom. The van der Waals surface area contributed by atoms with Gasteiger partial charge in [-0.1, -0.05) is 18.2 Å². The summed E-state index contributed by atoms with van der Waals surface area (Å²) >= 11 is 0. The Morgan fingerprint density at radius 3 is 2.36 bits per heavy atom. The zero-order chi connectivity index (χ0) is 15.2. The zero-order valence-corrected chi connectivity index (χ0v) is 12.6. The van der Waals surface area contributed by atoms with Crippen LogP contribution in [-0.4, -0.2) is 47.0 Å². The van der Waals surface area contributed by atoms with Crippen molar-refractivity contribution in [3.05, 3.63) is 54.6 Å². The normalized spacial score (nSPS) is 14.9. The maximum atomic E-state index is 12.3. The number of carbonyl (C=O) groups excluding carboxylic acids is 1. The van der Waals surface area contributed by atoms with Crippen LogP contribution in [0.15, 0.2) is 49.1 Å². The second-order valence-corrected chi connectivity index (χ2v) is 5.45. The monoisotopic (exact) mass is 296 g/mol. The summed E-state index contributed by atoms with van der Waals surface area (Å²) in [5.74, 6) is 0.219. The summed E-state index contributed by atoms with van der Waals surface area (Å²) < 4.78 is 0. The largest absolute Gasteiger partial charge is 0.368 e. The zero-order valence-electron chi connectivity index (χ0n) is 12.6. The van der Waals surface area contributed by atoms with E-state index in [1.54, 1.807) is 12.4 Å². The summed E-state index contributed by atoms with van der Waals surface area (Å²) in [6, 6.07) is 10.4.